The van der Waals surface area contributed by atoms with Crippen LogP contribution in [0.4, 0.5) is 4.79 Å². The molecule has 102 valence electrons. The van der Waals surface area contributed by atoms with Crippen molar-refractivity contribution in [2.45, 2.75) is 45.3 Å². The summed E-state index contributed by atoms with van der Waals surface area (Å²) in [7, 11) is 1.78. The first kappa shape index (κ1) is 14.8. The molecule has 1 atom stereocenters. The van der Waals surface area contributed by atoms with Crippen molar-refractivity contribution in [1.82, 2.24) is 9.80 Å². The molecule has 5 nitrogen and oxygen atoms in total. The van der Waals surface area contributed by atoms with Gasteiger partial charge in [-0.3, -0.25) is 0 Å². The van der Waals surface area contributed by atoms with Gasteiger partial charge in [-0.2, -0.15) is 5.26 Å². The molecule has 0 N–H and O–H groups in total. The number of hydrogen-bond acceptors (Lipinski definition) is 4. The molecule has 1 aliphatic rings. The van der Waals surface area contributed by atoms with E-state index in [2.05, 4.69) is 11.0 Å². The summed E-state index contributed by atoms with van der Waals surface area (Å²) < 4.78 is 5.34. The minimum Gasteiger partial charge on any atom is -0.444 e. The lowest BCUT2D eigenvalue weighted by Gasteiger charge is -2.28. The highest BCUT2D eigenvalue weighted by molar-refractivity contribution is 5.68. The maximum Gasteiger partial charge on any atom is 0.410 e. The molecule has 0 aromatic rings. The molecular formula is C13H23N3O2. The molecule has 0 saturated carbocycles. The molecule has 0 aromatic heterocycles. The van der Waals surface area contributed by atoms with Gasteiger partial charge in [0.25, 0.3) is 0 Å². The summed E-state index contributed by atoms with van der Waals surface area (Å²) in [6, 6.07) is 2.34. The average molecular weight is 253 g/mol. The van der Waals surface area contributed by atoms with Gasteiger partial charge in [0, 0.05) is 39.1 Å². The zero-order valence-electron chi connectivity index (χ0n) is 11.8. The molecule has 1 rings (SSSR count). The third kappa shape index (κ3) is 4.53. The van der Waals surface area contributed by atoms with E-state index in [0.29, 0.717) is 6.42 Å². The Morgan fingerprint density at radius 2 is 2.22 bits per heavy atom. The van der Waals surface area contributed by atoms with E-state index in [-0.39, 0.29) is 12.1 Å². The molecule has 0 spiro atoms. The number of amides is 1. The Hall–Kier alpha value is -1.28. The van der Waals surface area contributed by atoms with Crippen LogP contribution in [0.3, 0.4) is 0 Å². The first-order valence-corrected chi connectivity index (χ1v) is 6.38. The standard InChI is InChI=1S/C13H23N3O2/c1-13(2,3)18-12(17)15(4)11-6-9-16(10-11)8-5-7-14/h11H,5-6,8-10H2,1-4H3. The predicted molar refractivity (Wildman–Crippen MR) is 69.1 cm³/mol. The second-order valence-electron chi connectivity index (χ2n) is 5.74. The first-order valence-electron chi connectivity index (χ1n) is 6.38. The Bertz CT molecular complexity index is 330. The van der Waals surface area contributed by atoms with Crippen LogP contribution >= 0.6 is 0 Å². The summed E-state index contributed by atoms with van der Waals surface area (Å²) in [4.78, 5) is 15.8. The highest BCUT2D eigenvalue weighted by Crippen LogP contribution is 2.17. The number of carbonyl (C=O) groups is 1. The fourth-order valence-electron chi connectivity index (χ4n) is 2.02. The highest BCUT2D eigenvalue weighted by Gasteiger charge is 2.30. The molecule has 0 radical (unpaired) electrons. The summed E-state index contributed by atoms with van der Waals surface area (Å²) in [5, 5.41) is 8.56. The molecule has 18 heavy (non-hydrogen) atoms. The minimum absolute atomic E-state index is 0.193. The number of likely N-dealkylation sites (tertiary alicyclic amines) is 1. The number of hydrogen-bond donors (Lipinski definition) is 0. The fraction of sp³-hybridized carbons (Fsp3) is 0.846. The zero-order chi connectivity index (χ0) is 13.8. The van der Waals surface area contributed by atoms with Gasteiger partial charge >= 0.3 is 6.09 Å². The molecule has 5 heteroatoms. The van der Waals surface area contributed by atoms with Gasteiger partial charge in [0.2, 0.25) is 0 Å². The second kappa shape index (κ2) is 6.05. The Kier molecular flexibility index (Phi) is 4.97. The topological polar surface area (TPSA) is 56.6 Å². The Labute approximate surface area is 109 Å². The molecule has 1 aliphatic heterocycles. The lowest BCUT2D eigenvalue weighted by Crippen LogP contribution is -2.42. The van der Waals surface area contributed by atoms with Crippen molar-refractivity contribution in [3.8, 4) is 6.07 Å². The van der Waals surface area contributed by atoms with Gasteiger partial charge in [-0.25, -0.2) is 4.79 Å². The maximum absolute atomic E-state index is 11.9. The molecule has 1 heterocycles. The monoisotopic (exact) mass is 253 g/mol. The molecule has 1 unspecified atom stereocenters. The van der Waals surface area contributed by atoms with E-state index >= 15 is 0 Å². The number of nitrogens with zero attached hydrogens (tertiary/aromatic N) is 3. The SMILES string of the molecule is CN(C(=O)OC(C)(C)C)C1CCN(CCC#N)C1. The van der Waals surface area contributed by atoms with Crippen LogP contribution < -0.4 is 0 Å². The van der Waals surface area contributed by atoms with Gasteiger partial charge in [-0.15, -0.1) is 0 Å². The molecule has 0 bridgehead atoms. The number of likely N-dealkylation sites (N-methyl/N-ethyl adjacent to an activating group) is 1. The van der Waals surface area contributed by atoms with Gasteiger partial charge in [-0.1, -0.05) is 0 Å². The normalized spacial score (nSPS) is 20.5. The Morgan fingerprint density at radius 3 is 2.78 bits per heavy atom. The van der Waals surface area contributed by atoms with Gasteiger partial charge in [0.05, 0.1) is 6.07 Å². The van der Waals surface area contributed by atoms with E-state index in [4.69, 9.17) is 10.00 Å². The van der Waals surface area contributed by atoms with Crippen molar-refractivity contribution < 1.29 is 9.53 Å². The van der Waals surface area contributed by atoms with E-state index in [1.165, 1.54) is 0 Å². The van der Waals surface area contributed by atoms with E-state index < -0.39 is 5.60 Å². The van der Waals surface area contributed by atoms with Crippen LogP contribution in [0.1, 0.15) is 33.6 Å². The average Bonchev–Trinajstić information content (AvgIpc) is 2.71. The van der Waals surface area contributed by atoms with Crippen molar-refractivity contribution in [2.24, 2.45) is 0 Å². The van der Waals surface area contributed by atoms with Gasteiger partial charge in [-0.05, 0) is 27.2 Å². The number of nitriles is 1. The largest absolute Gasteiger partial charge is 0.444 e. The van der Waals surface area contributed by atoms with Crippen molar-refractivity contribution >= 4 is 6.09 Å². The summed E-state index contributed by atoms with van der Waals surface area (Å²) in [6.45, 7) is 8.16. The van der Waals surface area contributed by atoms with Crippen LogP contribution in [-0.2, 0) is 4.74 Å². The maximum atomic E-state index is 11.9. The third-order valence-electron chi connectivity index (χ3n) is 3.02. The molecule has 0 aromatic carbocycles. The van der Waals surface area contributed by atoms with E-state index in [1.807, 2.05) is 20.8 Å². The number of carbonyl (C=O) groups excluding carboxylic acids is 1. The zero-order valence-corrected chi connectivity index (χ0v) is 11.8. The van der Waals surface area contributed by atoms with E-state index in [1.54, 1.807) is 11.9 Å². The van der Waals surface area contributed by atoms with Gasteiger partial charge in [0.1, 0.15) is 5.60 Å². The van der Waals surface area contributed by atoms with Crippen molar-refractivity contribution in [3.63, 3.8) is 0 Å². The van der Waals surface area contributed by atoms with Crippen LogP contribution in [0.15, 0.2) is 0 Å². The van der Waals surface area contributed by atoms with Crippen LogP contribution in [0.2, 0.25) is 0 Å². The van der Waals surface area contributed by atoms with Crippen molar-refractivity contribution in [1.29, 1.82) is 5.26 Å². The third-order valence-corrected chi connectivity index (χ3v) is 3.02. The van der Waals surface area contributed by atoms with Crippen molar-refractivity contribution in [2.75, 3.05) is 26.7 Å². The second-order valence-corrected chi connectivity index (χ2v) is 5.74. The molecular weight excluding hydrogens is 230 g/mol. The lowest BCUT2D eigenvalue weighted by atomic mass is 10.2. The Morgan fingerprint density at radius 1 is 1.56 bits per heavy atom. The van der Waals surface area contributed by atoms with Crippen molar-refractivity contribution in [3.05, 3.63) is 0 Å². The van der Waals surface area contributed by atoms with Crippen LogP contribution in [0.25, 0.3) is 0 Å². The predicted octanol–water partition coefficient (Wildman–Crippen LogP) is 1.84. The summed E-state index contributed by atoms with van der Waals surface area (Å²) in [6.07, 6.45) is 1.22. The number of ether oxygens (including phenoxy) is 1. The fourth-order valence-corrected chi connectivity index (χ4v) is 2.02. The smallest absolute Gasteiger partial charge is 0.410 e. The first-order chi connectivity index (χ1) is 8.33. The van der Waals surface area contributed by atoms with Crippen LogP contribution in [0.5, 0.6) is 0 Å². The summed E-state index contributed by atoms with van der Waals surface area (Å²) in [5.74, 6) is 0. The van der Waals surface area contributed by atoms with Gasteiger partial charge in [0.15, 0.2) is 0 Å². The molecule has 1 amide bonds. The van der Waals surface area contributed by atoms with Crippen LogP contribution in [-0.4, -0.2) is 54.2 Å². The molecule has 0 aliphatic carbocycles. The van der Waals surface area contributed by atoms with E-state index in [0.717, 1.165) is 26.1 Å². The Balaban J connectivity index is 2.42. The highest BCUT2D eigenvalue weighted by atomic mass is 16.6. The summed E-state index contributed by atoms with van der Waals surface area (Å²) in [5.41, 5.74) is -0.454. The quantitative estimate of drug-likeness (QED) is 0.770. The van der Waals surface area contributed by atoms with E-state index in [9.17, 15) is 4.79 Å². The number of rotatable bonds is 3. The minimum atomic E-state index is -0.454. The van der Waals surface area contributed by atoms with Gasteiger partial charge < -0.3 is 14.5 Å². The van der Waals surface area contributed by atoms with Crippen LogP contribution in [0, 0.1) is 11.3 Å². The molecule has 1 saturated heterocycles. The molecule has 1 fully saturated rings. The summed E-state index contributed by atoms with van der Waals surface area (Å²) >= 11 is 0. The lowest BCUT2D eigenvalue weighted by molar-refractivity contribution is 0.0229.